The average molecular weight is 493 g/mol. The first-order valence-corrected chi connectivity index (χ1v) is 12.2. The molecule has 2 aromatic heterocycles. The Morgan fingerprint density at radius 2 is 1.72 bits per heavy atom. The molecule has 0 saturated carbocycles. The highest BCUT2D eigenvalue weighted by Crippen LogP contribution is 2.34. The van der Waals surface area contributed by atoms with E-state index in [0.717, 1.165) is 50.7 Å². The minimum atomic E-state index is -0.482. The van der Waals surface area contributed by atoms with Crippen LogP contribution in [0.3, 0.4) is 0 Å². The lowest BCUT2D eigenvalue weighted by Gasteiger charge is -2.35. The van der Waals surface area contributed by atoms with Gasteiger partial charge in [0, 0.05) is 64.1 Å². The van der Waals surface area contributed by atoms with E-state index in [2.05, 4.69) is 19.7 Å². The Labute approximate surface area is 210 Å². The van der Waals surface area contributed by atoms with Crippen LogP contribution in [0, 0.1) is 0 Å². The fraction of sp³-hybridized carbons (Fsp3) is 0.407. The van der Waals surface area contributed by atoms with Crippen molar-refractivity contribution >= 4 is 5.82 Å². The number of nitrogens with zero attached hydrogens (tertiary/aromatic N) is 4. The topological polar surface area (TPSA) is 91.5 Å². The Hall–Kier alpha value is -3.56. The van der Waals surface area contributed by atoms with Gasteiger partial charge in [0.25, 0.3) is 0 Å². The fourth-order valence-corrected chi connectivity index (χ4v) is 5.01. The summed E-state index contributed by atoms with van der Waals surface area (Å²) < 4.78 is 16.2. The molecule has 1 saturated heterocycles. The molecular formula is C27H32N4O5. The minimum absolute atomic E-state index is 0.0384. The SMILES string of the molecule is COc1cc2c(cc1OC)CN(Cc1coc(=O)c(CN3CCN(c4ccccn4)CC3)c1O)CC2. The van der Waals surface area contributed by atoms with E-state index in [4.69, 9.17) is 13.9 Å². The molecule has 4 heterocycles. The number of piperazine rings is 1. The zero-order chi connectivity index (χ0) is 25.1. The number of hydrogen-bond donors (Lipinski definition) is 1. The quantitative estimate of drug-likeness (QED) is 0.534. The van der Waals surface area contributed by atoms with Crippen molar-refractivity contribution in [2.75, 3.05) is 51.8 Å². The van der Waals surface area contributed by atoms with Gasteiger partial charge in [-0.25, -0.2) is 9.78 Å². The summed E-state index contributed by atoms with van der Waals surface area (Å²) in [4.78, 5) is 23.6. The predicted molar refractivity (Wildman–Crippen MR) is 136 cm³/mol. The first-order valence-electron chi connectivity index (χ1n) is 12.2. The number of rotatable bonds is 7. The second-order valence-electron chi connectivity index (χ2n) is 9.26. The van der Waals surface area contributed by atoms with Gasteiger partial charge in [-0.15, -0.1) is 0 Å². The monoisotopic (exact) mass is 492 g/mol. The summed E-state index contributed by atoms with van der Waals surface area (Å²) in [5, 5.41) is 11.0. The van der Waals surface area contributed by atoms with Gasteiger partial charge < -0.3 is 23.9 Å². The molecule has 9 nitrogen and oxygen atoms in total. The van der Waals surface area contributed by atoms with E-state index in [-0.39, 0.29) is 5.75 Å². The number of benzene rings is 1. The largest absolute Gasteiger partial charge is 0.507 e. The van der Waals surface area contributed by atoms with E-state index in [1.54, 1.807) is 20.4 Å². The molecule has 2 aliphatic rings. The van der Waals surface area contributed by atoms with Crippen molar-refractivity contribution in [1.82, 2.24) is 14.8 Å². The molecule has 3 aromatic rings. The number of methoxy groups -OCH3 is 2. The minimum Gasteiger partial charge on any atom is -0.507 e. The molecule has 0 atom stereocenters. The van der Waals surface area contributed by atoms with Gasteiger partial charge in [0.05, 0.1) is 19.8 Å². The summed E-state index contributed by atoms with van der Waals surface area (Å²) in [5.74, 6) is 2.44. The number of aromatic hydroxyl groups is 1. The fourth-order valence-electron chi connectivity index (χ4n) is 5.01. The van der Waals surface area contributed by atoms with Crippen LogP contribution in [0.25, 0.3) is 0 Å². The average Bonchev–Trinajstić information content (AvgIpc) is 2.92. The Morgan fingerprint density at radius 3 is 2.42 bits per heavy atom. The van der Waals surface area contributed by atoms with Crippen molar-refractivity contribution in [3.05, 3.63) is 75.5 Å². The normalized spacial score (nSPS) is 16.6. The molecule has 0 radical (unpaired) electrons. The van der Waals surface area contributed by atoms with E-state index >= 15 is 0 Å². The highest BCUT2D eigenvalue weighted by atomic mass is 16.5. The Balaban J connectivity index is 1.25. The van der Waals surface area contributed by atoms with Crippen LogP contribution in [0.5, 0.6) is 17.2 Å². The Morgan fingerprint density at radius 1 is 0.972 bits per heavy atom. The number of hydrogen-bond acceptors (Lipinski definition) is 9. The molecule has 1 fully saturated rings. The van der Waals surface area contributed by atoms with Crippen LogP contribution in [0.15, 0.2) is 52.0 Å². The first kappa shape index (κ1) is 24.1. The predicted octanol–water partition coefficient (Wildman–Crippen LogP) is 2.64. The second-order valence-corrected chi connectivity index (χ2v) is 9.26. The van der Waals surface area contributed by atoms with Crippen LogP contribution < -0.4 is 20.0 Å². The third-order valence-electron chi connectivity index (χ3n) is 7.06. The summed E-state index contributed by atoms with van der Waals surface area (Å²) in [5.41, 5.74) is 2.87. The van der Waals surface area contributed by atoms with Crippen LogP contribution in [0.2, 0.25) is 0 Å². The molecule has 0 amide bonds. The molecule has 1 N–H and O–H groups in total. The van der Waals surface area contributed by atoms with E-state index in [9.17, 15) is 9.90 Å². The van der Waals surface area contributed by atoms with Crippen molar-refractivity contribution in [3.63, 3.8) is 0 Å². The van der Waals surface area contributed by atoms with Crippen molar-refractivity contribution in [1.29, 1.82) is 0 Å². The van der Waals surface area contributed by atoms with Crippen molar-refractivity contribution in [2.45, 2.75) is 26.1 Å². The van der Waals surface area contributed by atoms with Crippen LogP contribution in [-0.2, 0) is 26.1 Å². The van der Waals surface area contributed by atoms with Crippen molar-refractivity contribution in [2.24, 2.45) is 0 Å². The maximum atomic E-state index is 12.5. The molecule has 2 aliphatic heterocycles. The summed E-state index contributed by atoms with van der Waals surface area (Å²) in [6.07, 6.45) is 4.05. The number of fused-ring (bicyclic) bond motifs is 1. The molecular weight excluding hydrogens is 460 g/mol. The zero-order valence-electron chi connectivity index (χ0n) is 20.8. The lowest BCUT2D eigenvalue weighted by molar-refractivity contribution is 0.230. The van der Waals surface area contributed by atoms with Gasteiger partial charge in [-0.05, 0) is 41.8 Å². The number of anilines is 1. The standard InChI is InChI=1S/C27H32N4O5/c1-34-23-13-19-6-8-30(15-20(19)14-24(23)35-2)16-21-18-36-27(33)22(26(21)32)17-29-9-11-31(12-10-29)25-5-3-4-7-28-25/h3-5,7,13-14,18,32H,6,8-12,15-17H2,1-2H3. The van der Waals surface area contributed by atoms with E-state index in [1.807, 2.05) is 30.3 Å². The van der Waals surface area contributed by atoms with Gasteiger partial charge in [-0.1, -0.05) is 6.07 Å². The molecule has 190 valence electrons. The number of pyridine rings is 1. The van der Waals surface area contributed by atoms with Gasteiger partial charge in [0.15, 0.2) is 11.5 Å². The van der Waals surface area contributed by atoms with Gasteiger partial charge >= 0.3 is 5.63 Å². The Kier molecular flexibility index (Phi) is 7.11. The molecule has 0 spiro atoms. The van der Waals surface area contributed by atoms with Crippen LogP contribution in [0.4, 0.5) is 5.82 Å². The summed E-state index contributed by atoms with van der Waals surface area (Å²) in [7, 11) is 3.28. The summed E-state index contributed by atoms with van der Waals surface area (Å²) in [6.45, 7) is 5.54. The molecule has 5 rings (SSSR count). The van der Waals surface area contributed by atoms with Crippen LogP contribution in [-0.4, -0.2) is 66.8 Å². The molecule has 36 heavy (non-hydrogen) atoms. The van der Waals surface area contributed by atoms with Crippen LogP contribution in [0.1, 0.15) is 22.3 Å². The Bertz CT molecular complexity index is 1260. The van der Waals surface area contributed by atoms with Gasteiger partial charge in [-0.3, -0.25) is 9.80 Å². The summed E-state index contributed by atoms with van der Waals surface area (Å²) >= 11 is 0. The molecule has 0 aliphatic carbocycles. The lowest BCUT2D eigenvalue weighted by Crippen LogP contribution is -2.46. The zero-order valence-corrected chi connectivity index (χ0v) is 20.8. The van der Waals surface area contributed by atoms with Gasteiger partial charge in [0.1, 0.15) is 17.8 Å². The lowest BCUT2D eigenvalue weighted by atomic mass is 9.98. The molecule has 0 unspecified atom stereocenters. The van der Waals surface area contributed by atoms with Crippen molar-refractivity contribution < 1.29 is 19.0 Å². The van der Waals surface area contributed by atoms with Crippen LogP contribution >= 0.6 is 0 Å². The van der Waals surface area contributed by atoms with E-state index < -0.39 is 5.63 Å². The van der Waals surface area contributed by atoms with E-state index in [1.165, 1.54) is 17.4 Å². The number of ether oxygens (including phenoxy) is 2. The third-order valence-corrected chi connectivity index (χ3v) is 7.06. The van der Waals surface area contributed by atoms with Gasteiger partial charge in [-0.2, -0.15) is 0 Å². The third kappa shape index (κ3) is 5.03. The summed E-state index contributed by atoms with van der Waals surface area (Å²) in [6, 6.07) is 9.95. The maximum Gasteiger partial charge on any atom is 0.343 e. The molecule has 0 bridgehead atoms. The first-order chi connectivity index (χ1) is 17.6. The highest BCUT2D eigenvalue weighted by molar-refractivity contribution is 5.48. The highest BCUT2D eigenvalue weighted by Gasteiger charge is 2.24. The van der Waals surface area contributed by atoms with Crippen molar-refractivity contribution in [3.8, 4) is 17.2 Å². The molecule has 9 heteroatoms. The maximum absolute atomic E-state index is 12.5. The van der Waals surface area contributed by atoms with E-state index in [0.29, 0.717) is 36.5 Å². The van der Waals surface area contributed by atoms with Gasteiger partial charge in [0.2, 0.25) is 0 Å². The number of aromatic nitrogens is 1. The second kappa shape index (κ2) is 10.6. The smallest absolute Gasteiger partial charge is 0.343 e. The molecule has 1 aromatic carbocycles.